The molecule has 0 saturated carbocycles. The monoisotopic (exact) mass is 402 g/mol. The number of rotatable bonds is 6. The van der Waals surface area contributed by atoms with Gasteiger partial charge in [0.1, 0.15) is 5.52 Å². The molecule has 0 fully saturated rings. The van der Waals surface area contributed by atoms with Crippen LogP contribution in [0.25, 0.3) is 11.1 Å². The van der Waals surface area contributed by atoms with E-state index in [-0.39, 0.29) is 28.3 Å². The van der Waals surface area contributed by atoms with Crippen molar-refractivity contribution < 1.29 is 28.6 Å². The lowest BCUT2D eigenvalue weighted by atomic mass is 10.1. The molecule has 0 aliphatic heterocycles. The first-order valence-corrected chi connectivity index (χ1v) is 8.65. The fourth-order valence-corrected chi connectivity index (χ4v) is 2.70. The van der Waals surface area contributed by atoms with Gasteiger partial charge in [-0.2, -0.15) is 0 Å². The molecule has 3 rings (SSSR count). The van der Waals surface area contributed by atoms with Crippen molar-refractivity contribution in [2.45, 2.75) is 19.4 Å². The average molecular weight is 403 g/mol. The maximum Gasteiger partial charge on any atom is 0.341 e. The van der Waals surface area contributed by atoms with Crippen LogP contribution in [0.1, 0.15) is 34.1 Å². The van der Waals surface area contributed by atoms with Crippen LogP contribution >= 0.6 is 11.6 Å². The smallest absolute Gasteiger partial charge is 0.341 e. The molecule has 0 radical (unpaired) electrons. The summed E-state index contributed by atoms with van der Waals surface area (Å²) >= 11 is 6.01. The number of esters is 1. The molecule has 1 heterocycles. The first kappa shape index (κ1) is 19.4. The van der Waals surface area contributed by atoms with Gasteiger partial charge in [-0.1, -0.05) is 24.6 Å². The summed E-state index contributed by atoms with van der Waals surface area (Å²) in [5.41, 5.74) is 0.995. The average Bonchev–Trinajstić information content (AvgIpc) is 3.16. The lowest BCUT2D eigenvalue weighted by molar-refractivity contribution is -0.124. The minimum absolute atomic E-state index is 0.0394. The molecule has 0 spiro atoms. The van der Waals surface area contributed by atoms with E-state index in [2.05, 4.69) is 10.3 Å². The molecule has 9 heteroatoms. The Morgan fingerprint density at radius 2 is 2.07 bits per heavy atom. The molecule has 0 saturated heterocycles. The number of aromatic nitrogens is 1. The Morgan fingerprint density at radius 3 is 2.79 bits per heavy atom. The second-order valence-electron chi connectivity index (χ2n) is 5.80. The fourth-order valence-electron chi connectivity index (χ4n) is 2.53. The van der Waals surface area contributed by atoms with Crippen molar-refractivity contribution in [2.75, 3.05) is 5.32 Å². The standard InChI is InChI=1S/C19H15ClN2O6/c1-2-14(17(23)22-13-8-10(18(24)25)6-7-12(13)20)28-19(26)11-4-3-5-15-16(11)21-9-27-15/h3-9,14H,2H2,1H3,(H,22,23)(H,24,25). The summed E-state index contributed by atoms with van der Waals surface area (Å²) in [6, 6.07) is 8.69. The summed E-state index contributed by atoms with van der Waals surface area (Å²) in [5, 5.41) is 11.7. The number of amides is 1. The third-order valence-electron chi connectivity index (χ3n) is 3.96. The number of carbonyl (C=O) groups excluding carboxylic acids is 2. The number of oxazole rings is 1. The van der Waals surface area contributed by atoms with Gasteiger partial charge < -0.3 is 19.6 Å². The Balaban J connectivity index is 1.77. The Morgan fingerprint density at radius 1 is 1.29 bits per heavy atom. The van der Waals surface area contributed by atoms with Crippen LogP contribution in [0.2, 0.25) is 5.02 Å². The number of nitrogens with zero attached hydrogens (tertiary/aromatic N) is 1. The lowest BCUT2D eigenvalue weighted by Gasteiger charge is -2.17. The molecule has 144 valence electrons. The quantitative estimate of drug-likeness (QED) is 0.602. The van der Waals surface area contributed by atoms with Crippen LogP contribution in [0.4, 0.5) is 5.69 Å². The molecule has 1 aromatic heterocycles. The molecule has 1 atom stereocenters. The predicted octanol–water partition coefficient (Wildman–Crippen LogP) is 3.75. The molecule has 2 N–H and O–H groups in total. The highest BCUT2D eigenvalue weighted by atomic mass is 35.5. The van der Waals surface area contributed by atoms with Crippen LogP contribution in [-0.4, -0.2) is 34.0 Å². The zero-order valence-electron chi connectivity index (χ0n) is 14.6. The third-order valence-corrected chi connectivity index (χ3v) is 4.29. The molecular weight excluding hydrogens is 388 g/mol. The Labute approximate surface area is 164 Å². The van der Waals surface area contributed by atoms with E-state index < -0.39 is 23.9 Å². The van der Waals surface area contributed by atoms with E-state index in [0.29, 0.717) is 11.1 Å². The summed E-state index contributed by atoms with van der Waals surface area (Å²) < 4.78 is 10.5. The van der Waals surface area contributed by atoms with Crippen LogP contribution in [0.15, 0.2) is 47.2 Å². The largest absolute Gasteiger partial charge is 0.478 e. The minimum atomic E-state index is -1.16. The van der Waals surface area contributed by atoms with Gasteiger partial charge in [0.05, 0.1) is 21.8 Å². The van der Waals surface area contributed by atoms with Crippen LogP contribution in [0.5, 0.6) is 0 Å². The van der Waals surface area contributed by atoms with Crippen molar-refractivity contribution in [2.24, 2.45) is 0 Å². The summed E-state index contributed by atoms with van der Waals surface area (Å²) in [6.07, 6.45) is 0.296. The van der Waals surface area contributed by atoms with Gasteiger partial charge in [0, 0.05) is 0 Å². The number of hydrogen-bond donors (Lipinski definition) is 2. The van der Waals surface area contributed by atoms with E-state index in [9.17, 15) is 14.4 Å². The van der Waals surface area contributed by atoms with E-state index in [1.165, 1.54) is 30.7 Å². The summed E-state index contributed by atoms with van der Waals surface area (Å²) in [6.45, 7) is 1.67. The molecule has 28 heavy (non-hydrogen) atoms. The zero-order valence-corrected chi connectivity index (χ0v) is 15.4. The number of ether oxygens (including phenoxy) is 1. The Kier molecular flexibility index (Phi) is 5.60. The molecule has 1 unspecified atom stereocenters. The maximum atomic E-state index is 12.5. The van der Waals surface area contributed by atoms with Gasteiger partial charge in [0.15, 0.2) is 18.1 Å². The second-order valence-corrected chi connectivity index (χ2v) is 6.20. The number of benzene rings is 2. The fraction of sp³-hybridized carbons (Fsp3) is 0.158. The van der Waals surface area contributed by atoms with E-state index >= 15 is 0 Å². The topological polar surface area (TPSA) is 119 Å². The van der Waals surface area contributed by atoms with Crippen molar-refractivity contribution in [3.63, 3.8) is 0 Å². The number of anilines is 1. The van der Waals surface area contributed by atoms with Crippen LogP contribution in [-0.2, 0) is 9.53 Å². The Hall–Kier alpha value is -3.39. The van der Waals surface area contributed by atoms with Crippen LogP contribution in [0, 0.1) is 0 Å². The molecular formula is C19H15ClN2O6. The number of fused-ring (bicyclic) bond motifs is 1. The number of aromatic carboxylic acids is 1. The van der Waals surface area contributed by atoms with E-state index in [4.69, 9.17) is 25.9 Å². The third kappa shape index (κ3) is 3.96. The number of para-hydroxylation sites is 1. The first-order chi connectivity index (χ1) is 13.4. The predicted molar refractivity (Wildman–Crippen MR) is 101 cm³/mol. The maximum absolute atomic E-state index is 12.5. The first-order valence-electron chi connectivity index (χ1n) is 8.27. The van der Waals surface area contributed by atoms with Crippen LogP contribution in [0.3, 0.4) is 0 Å². The lowest BCUT2D eigenvalue weighted by Crippen LogP contribution is -2.32. The summed E-state index contributed by atoms with van der Waals surface area (Å²) in [7, 11) is 0. The highest BCUT2D eigenvalue weighted by molar-refractivity contribution is 6.34. The number of carbonyl (C=O) groups is 3. The van der Waals surface area contributed by atoms with Gasteiger partial charge in [0.2, 0.25) is 0 Å². The molecule has 1 amide bonds. The molecule has 3 aromatic rings. The van der Waals surface area contributed by atoms with Gasteiger partial charge >= 0.3 is 11.9 Å². The molecule has 8 nitrogen and oxygen atoms in total. The van der Waals surface area contributed by atoms with Gasteiger partial charge in [-0.05, 0) is 36.8 Å². The second kappa shape index (κ2) is 8.10. The van der Waals surface area contributed by atoms with Gasteiger partial charge in [-0.3, -0.25) is 4.79 Å². The summed E-state index contributed by atoms with van der Waals surface area (Å²) in [5.74, 6) is -2.52. The number of halogens is 1. The van der Waals surface area contributed by atoms with Crippen LogP contribution < -0.4 is 5.32 Å². The number of carboxylic acid groups (broad SMARTS) is 1. The Bertz CT molecular complexity index is 1060. The van der Waals surface area contributed by atoms with E-state index in [1.54, 1.807) is 19.1 Å². The van der Waals surface area contributed by atoms with Crippen molar-refractivity contribution in [1.82, 2.24) is 4.98 Å². The highest BCUT2D eigenvalue weighted by Gasteiger charge is 2.24. The van der Waals surface area contributed by atoms with E-state index in [0.717, 1.165) is 0 Å². The molecule has 0 aliphatic rings. The SMILES string of the molecule is CCC(OC(=O)c1cccc2ocnc12)C(=O)Nc1cc(C(=O)O)ccc1Cl. The zero-order chi connectivity index (χ0) is 20.3. The van der Waals surface area contributed by atoms with Crippen molar-refractivity contribution in [1.29, 1.82) is 0 Å². The van der Waals surface area contributed by atoms with Gasteiger partial charge in [-0.25, -0.2) is 14.6 Å². The van der Waals surface area contributed by atoms with Gasteiger partial charge in [0.25, 0.3) is 5.91 Å². The highest BCUT2D eigenvalue weighted by Crippen LogP contribution is 2.24. The molecule has 0 aliphatic carbocycles. The van der Waals surface area contributed by atoms with Crippen molar-refractivity contribution in [3.8, 4) is 0 Å². The minimum Gasteiger partial charge on any atom is -0.478 e. The number of carboxylic acids is 1. The van der Waals surface area contributed by atoms with Crippen molar-refractivity contribution >= 4 is 46.2 Å². The normalized spacial score (nSPS) is 11.8. The van der Waals surface area contributed by atoms with E-state index in [1.807, 2.05) is 0 Å². The van der Waals surface area contributed by atoms with Crippen molar-refractivity contribution in [3.05, 3.63) is 58.9 Å². The van der Waals surface area contributed by atoms with Gasteiger partial charge in [-0.15, -0.1) is 0 Å². The summed E-state index contributed by atoms with van der Waals surface area (Å²) in [4.78, 5) is 40.1. The molecule has 0 bridgehead atoms. The molecule has 2 aromatic carbocycles. The number of hydrogen-bond acceptors (Lipinski definition) is 6. The number of nitrogens with one attached hydrogen (secondary N) is 1.